The van der Waals surface area contributed by atoms with E-state index in [1.54, 1.807) is 0 Å². The fourth-order valence-corrected chi connectivity index (χ4v) is 5.91. The molecule has 1 aromatic carbocycles. The highest BCUT2D eigenvalue weighted by molar-refractivity contribution is 7.64. The lowest BCUT2D eigenvalue weighted by Crippen LogP contribution is -2.47. The summed E-state index contributed by atoms with van der Waals surface area (Å²) in [5.41, 5.74) is -1.53. The lowest BCUT2D eigenvalue weighted by atomic mass is 9.92. The van der Waals surface area contributed by atoms with Gasteiger partial charge in [0.15, 0.2) is 28.4 Å². The molecule has 17 heteroatoms. The second kappa shape index (κ2) is 13.0. The largest absolute Gasteiger partial charge is 0.442 e. The van der Waals surface area contributed by atoms with Gasteiger partial charge in [0.1, 0.15) is 17.2 Å². The maximum atomic E-state index is 15.1. The highest BCUT2D eigenvalue weighted by atomic mass is 31.2. The van der Waals surface area contributed by atoms with E-state index in [-0.39, 0.29) is 50.5 Å². The van der Waals surface area contributed by atoms with Crippen molar-refractivity contribution in [1.82, 2.24) is 4.90 Å². The van der Waals surface area contributed by atoms with E-state index in [9.17, 15) is 39.1 Å². The van der Waals surface area contributed by atoms with Crippen LogP contribution in [-0.2, 0) is 19.1 Å². The van der Waals surface area contributed by atoms with Gasteiger partial charge in [0.25, 0.3) is 0 Å². The first kappa shape index (κ1) is 31.4. The molecule has 218 valence electrons. The van der Waals surface area contributed by atoms with E-state index < -0.39 is 76.4 Å². The molecular weight excluding hydrogens is 566 g/mol. The molecule has 0 spiro atoms. The van der Waals surface area contributed by atoms with Gasteiger partial charge in [-0.05, 0) is 12.8 Å². The summed E-state index contributed by atoms with van der Waals surface area (Å²) in [5.74, 6) is -3.58. The Morgan fingerprint density at radius 1 is 1.18 bits per heavy atom. The predicted molar refractivity (Wildman–Crippen MR) is 136 cm³/mol. The summed E-state index contributed by atoms with van der Waals surface area (Å²) in [6.07, 6.45) is -2.32. The first-order valence-electron chi connectivity index (χ1n) is 11.8. The van der Waals surface area contributed by atoms with E-state index in [0.717, 1.165) is 24.0 Å². The van der Waals surface area contributed by atoms with Crippen LogP contribution in [0.1, 0.15) is 26.2 Å². The number of rotatable bonds is 10. The molecule has 2 aliphatic rings. The fraction of sp³-hybridized carbons (Fsp3) is 0.591. The first-order valence-corrected chi connectivity index (χ1v) is 14.5. The Hall–Kier alpha value is -2.09. The average molecular weight is 597 g/mol. The summed E-state index contributed by atoms with van der Waals surface area (Å²) in [7, 11) is -4.30. The number of halogens is 2. The van der Waals surface area contributed by atoms with Crippen molar-refractivity contribution in [2.75, 3.05) is 49.7 Å². The fourth-order valence-electron chi connectivity index (χ4n) is 4.53. The number of ether oxygens (including phenoxy) is 2. The van der Waals surface area contributed by atoms with Crippen molar-refractivity contribution in [3.8, 4) is 0 Å². The van der Waals surface area contributed by atoms with Gasteiger partial charge in [0, 0.05) is 45.7 Å². The molecule has 0 saturated carbocycles. The van der Waals surface area contributed by atoms with Gasteiger partial charge in [0.05, 0.1) is 31.0 Å². The smallest absolute Gasteiger partial charge is 0.414 e. The summed E-state index contributed by atoms with van der Waals surface area (Å²) in [4.78, 5) is 77.5. The number of amides is 3. The van der Waals surface area contributed by atoms with Gasteiger partial charge in [-0.25, -0.2) is 13.6 Å². The molecule has 1 atom stereocenters. The van der Waals surface area contributed by atoms with Gasteiger partial charge < -0.3 is 39.1 Å². The number of cyclic esters (lactones) is 1. The van der Waals surface area contributed by atoms with E-state index in [1.807, 2.05) is 0 Å². The second-order valence-corrected chi connectivity index (χ2v) is 12.3. The van der Waals surface area contributed by atoms with Crippen LogP contribution in [0.3, 0.4) is 0 Å². The number of carbonyl (C=O) groups excluding carboxylic acids is 3. The third kappa shape index (κ3) is 7.56. The number of carbonyl (C=O) groups is 3. The lowest BCUT2D eigenvalue weighted by Gasteiger charge is -2.39. The molecule has 3 rings (SSSR count). The van der Waals surface area contributed by atoms with E-state index in [2.05, 4.69) is 0 Å². The second-order valence-electron chi connectivity index (χ2n) is 9.37. The molecule has 0 bridgehead atoms. The zero-order valence-corrected chi connectivity index (χ0v) is 23.0. The zero-order valence-electron chi connectivity index (χ0n) is 21.2. The maximum absolute atomic E-state index is 15.1. The van der Waals surface area contributed by atoms with Crippen molar-refractivity contribution in [3.05, 3.63) is 23.8 Å². The van der Waals surface area contributed by atoms with E-state index in [0.29, 0.717) is 4.90 Å². The quantitative estimate of drug-likeness (QED) is 0.242. The van der Waals surface area contributed by atoms with Gasteiger partial charge in [-0.15, -0.1) is 0 Å². The topological polar surface area (TPSA) is 181 Å². The maximum Gasteiger partial charge on any atom is 0.414 e. The Morgan fingerprint density at radius 3 is 2.23 bits per heavy atom. The SMILES string of the molecule is COCC1(O)CCN(c2c(F)cc(N3CC(CN(C(C)=O)C(=O)CC(P(O)O)P(O)O)OC3=O)cc2F)CC1. The van der Waals surface area contributed by atoms with Crippen molar-refractivity contribution in [1.29, 1.82) is 0 Å². The number of hydrogen-bond acceptors (Lipinski definition) is 11. The normalized spacial score (nSPS) is 19.3. The molecule has 1 aromatic rings. The van der Waals surface area contributed by atoms with Crippen molar-refractivity contribution in [2.24, 2.45) is 0 Å². The van der Waals surface area contributed by atoms with Gasteiger partial charge in [-0.3, -0.25) is 19.4 Å². The molecular formula is C22H31F2N3O10P2. The number of aliphatic hydroxyl groups is 1. The van der Waals surface area contributed by atoms with Crippen LogP contribution in [0.2, 0.25) is 0 Å². The Balaban J connectivity index is 1.70. The zero-order chi connectivity index (χ0) is 29.1. The number of hydrogen-bond donors (Lipinski definition) is 5. The monoisotopic (exact) mass is 597 g/mol. The van der Waals surface area contributed by atoms with Crippen LogP contribution < -0.4 is 9.80 Å². The van der Waals surface area contributed by atoms with Gasteiger partial charge in [-0.1, -0.05) is 0 Å². The molecule has 2 saturated heterocycles. The Kier molecular flexibility index (Phi) is 10.5. The molecule has 5 N–H and O–H groups in total. The van der Waals surface area contributed by atoms with Crippen LogP contribution >= 0.6 is 16.8 Å². The molecule has 2 heterocycles. The number of imide groups is 1. The first-order chi connectivity index (χ1) is 18.3. The van der Waals surface area contributed by atoms with E-state index in [1.165, 1.54) is 12.0 Å². The minimum atomic E-state index is -2.88. The average Bonchev–Trinajstić information content (AvgIpc) is 3.21. The Labute approximate surface area is 225 Å². The van der Waals surface area contributed by atoms with E-state index in [4.69, 9.17) is 9.47 Å². The van der Waals surface area contributed by atoms with Crippen molar-refractivity contribution in [3.63, 3.8) is 0 Å². The highest BCUT2D eigenvalue weighted by Crippen LogP contribution is 2.51. The number of methoxy groups -OCH3 is 1. The minimum Gasteiger partial charge on any atom is -0.442 e. The van der Waals surface area contributed by atoms with Gasteiger partial charge in [0.2, 0.25) is 11.8 Å². The summed E-state index contributed by atoms with van der Waals surface area (Å²) in [5, 5.41) is 8.89. The summed E-state index contributed by atoms with van der Waals surface area (Å²) in [6.45, 7) is 0.797. The van der Waals surface area contributed by atoms with Crippen LogP contribution in [0.15, 0.2) is 12.1 Å². The molecule has 2 aliphatic heterocycles. The molecule has 1 unspecified atom stereocenters. The van der Waals surface area contributed by atoms with Crippen molar-refractivity contribution >= 4 is 46.0 Å². The third-order valence-corrected chi connectivity index (χ3v) is 9.24. The van der Waals surface area contributed by atoms with Crippen LogP contribution in [0.25, 0.3) is 0 Å². The van der Waals surface area contributed by atoms with Gasteiger partial charge in [-0.2, -0.15) is 0 Å². The predicted octanol–water partition coefficient (Wildman–Crippen LogP) is 0.952. The molecule has 3 amide bonds. The van der Waals surface area contributed by atoms with E-state index >= 15 is 8.78 Å². The Morgan fingerprint density at radius 2 is 1.74 bits per heavy atom. The molecule has 0 aliphatic carbocycles. The lowest BCUT2D eigenvalue weighted by molar-refractivity contribution is -0.144. The van der Waals surface area contributed by atoms with Gasteiger partial charge >= 0.3 is 6.09 Å². The molecule has 0 radical (unpaired) electrons. The molecule has 39 heavy (non-hydrogen) atoms. The van der Waals surface area contributed by atoms with Crippen molar-refractivity contribution < 1.29 is 57.3 Å². The molecule has 0 aromatic heterocycles. The van der Waals surface area contributed by atoms with Crippen LogP contribution in [0, 0.1) is 11.6 Å². The standard InChI is InChI=1S/C22H31F2N3O10P2/c1-13(28)26(18(29)9-19(38(32)33)39(34)35)10-15-11-27(21(30)37-15)14-7-16(23)20(17(24)8-14)25-5-3-22(31,4-6-25)12-36-2/h7-8,15,19,31-35H,3-6,9-12H2,1-2H3. The number of nitrogens with zero attached hydrogens (tertiary/aromatic N) is 3. The minimum absolute atomic E-state index is 0.102. The number of anilines is 2. The molecule has 2 fully saturated rings. The Bertz CT molecular complexity index is 1040. The van der Waals surface area contributed by atoms with Crippen molar-refractivity contribution in [2.45, 2.75) is 43.3 Å². The third-order valence-electron chi connectivity index (χ3n) is 6.57. The van der Waals surface area contributed by atoms with Crippen LogP contribution in [0.4, 0.5) is 25.0 Å². The summed E-state index contributed by atoms with van der Waals surface area (Å²) >= 11 is 0. The van der Waals surface area contributed by atoms with Crippen LogP contribution in [-0.4, -0.2) is 104 Å². The summed E-state index contributed by atoms with van der Waals surface area (Å²) in [6, 6.07) is 1.93. The number of piperidine rings is 1. The molecule has 13 nitrogen and oxygen atoms in total. The number of benzene rings is 1. The summed E-state index contributed by atoms with van der Waals surface area (Å²) < 4.78 is 40.3. The van der Waals surface area contributed by atoms with Crippen LogP contribution in [0.5, 0.6) is 0 Å². The highest BCUT2D eigenvalue weighted by Gasteiger charge is 2.39.